The van der Waals surface area contributed by atoms with Crippen molar-refractivity contribution in [1.82, 2.24) is 0 Å². The van der Waals surface area contributed by atoms with Gasteiger partial charge in [-0.3, -0.25) is 0 Å². The number of hydrogen-bond acceptors (Lipinski definition) is 0. The molecule has 0 aromatic heterocycles. The van der Waals surface area contributed by atoms with Gasteiger partial charge in [0.25, 0.3) is 0 Å². The summed E-state index contributed by atoms with van der Waals surface area (Å²) in [5.74, 6) is 2.70. The van der Waals surface area contributed by atoms with Gasteiger partial charge in [0, 0.05) is 6.42 Å². The summed E-state index contributed by atoms with van der Waals surface area (Å²) in [6.07, 6.45) is 10.9. The van der Waals surface area contributed by atoms with Gasteiger partial charge in [-0.05, 0) is 35.6 Å². The van der Waals surface area contributed by atoms with E-state index in [0.717, 1.165) is 19.3 Å². The molecule has 0 atom stereocenters. The van der Waals surface area contributed by atoms with Gasteiger partial charge in [0.05, 0.1) is 0 Å². The molecule has 2 rings (SSSR count). The third-order valence-electron chi connectivity index (χ3n) is 3.15. The van der Waals surface area contributed by atoms with E-state index in [1.54, 1.807) is 0 Å². The summed E-state index contributed by atoms with van der Waals surface area (Å²) >= 11 is 0. The maximum absolute atomic E-state index is 5.25. The van der Waals surface area contributed by atoms with Crippen molar-refractivity contribution in [3.05, 3.63) is 48.0 Å². The van der Waals surface area contributed by atoms with Crippen LogP contribution < -0.4 is 0 Å². The van der Waals surface area contributed by atoms with Crippen LogP contribution >= 0.6 is 0 Å². The maximum atomic E-state index is 5.25. The summed E-state index contributed by atoms with van der Waals surface area (Å²) < 4.78 is 0. The molecule has 0 heteroatoms. The number of rotatable bonds is 5. The smallest absolute Gasteiger partial charge is 0.00860 e. The summed E-state index contributed by atoms with van der Waals surface area (Å²) in [6.45, 7) is 0. The highest BCUT2D eigenvalue weighted by Crippen LogP contribution is 2.20. The van der Waals surface area contributed by atoms with E-state index in [1.807, 2.05) is 0 Å². The number of hydrogen-bond donors (Lipinski definition) is 0. The third-order valence-corrected chi connectivity index (χ3v) is 3.15. The number of fused-ring (bicyclic) bond motifs is 1. The lowest BCUT2D eigenvalue weighted by atomic mass is 9.99. The molecular formula is C17H18. The normalized spacial score (nSPS) is 10.3. The van der Waals surface area contributed by atoms with Crippen LogP contribution in [0.25, 0.3) is 10.8 Å². The van der Waals surface area contributed by atoms with Crippen molar-refractivity contribution >= 4 is 10.8 Å². The standard InChI is InChI=1S/C17H18/c1-2-3-4-5-6-10-15-12-9-13-16-11-7-8-14-17(15)16/h1,7-9,11-14H,3-6,10H2. The zero-order valence-corrected chi connectivity index (χ0v) is 10.2. The molecule has 0 saturated carbocycles. The molecule has 0 nitrogen and oxygen atoms in total. The molecule has 0 radical (unpaired) electrons. The Morgan fingerprint density at radius 3 is 2.59 bits per heavy atom. The summed E-state index contributed by atoms with van der Waals surface area (Å²) in [5, 5.41) is 2.74. The van der Waals surface area contributed by atoms with E-state index in [0.29, 0.717) is 0 Å². The first-order chi connectivity index (χ1) is 8.42. The van der Waals surface area contributed by atoms with Gasteiger partial charge in [-0.25, -0.2) is 0 Å². The van der Waals surface area contributed by atoms with E-state index in [-0.39, 0.29) is 0 Å². The highest BCUT2D eigenvalue weighted by atomic mass is 14.0. The fourth-order valence-electron chi connectivity index (χ4n) is 2.23. The Bertz CT molecular complexity index is 512. The van der Waals surface area contributed by atoms with Crippen LogP contribution in [0.15, 0.2) is 42.5 Å². The minimum atomic E-state index is 0.912. The van der Waals surface area contributed by atoms with E-state index >= 15 is 0 Å². The SMILES string of the molecule is C#CCCCCCc1cccc2ccccc12. The molecule has 0 amide bonds. The molecule has 0 spiro atoms. The summed E-state index contributed by atoms with van der Waals surface area (Å²) in [4.78, 5) is 0. The average molecular weight is 222 g/mol. The number of terminal acetylenes is 1. The second-order valence-corrected chi connectivity index (χ2v) is 4.40. The van der Waals surface area contributed by atoms with Crippen molar-refractivity contribution in [2.45, 2.75) is 32.1 Å². The third kappa shape index (κ3) is 3.11. The molecule has 0 aliphatic rings. The molecule has 2 aromatic carbocycles. The van der Waals surface area contributed by atoms with Gasteiger partial charge in [-0.2, -0.15) is 0 Å². The fourth-order valence-corrected chi connectivity index (χ4v) is 2.23. The Morgan fingerprint density at radius 2 is 1.71 bits per heavy atom. The molecule has 86 valence electrons. The lowest BCUT2D eigenvalue weighted by Crippen LogP contribution is -1.87. The van der Waals surface area contributed by atoms with E-state index in [2.05, 4.69) is 48.4 Å². The lowest BCUT2D eigenvalue weighted by Gasteiger charge is -2.06. The van der Waals surface area contributed by atoms with Crippen molar-refractivity contribution < 1.29 is 0 Å². The minimum absolute atomic E-state index is 0.912. The fraction of sp³-hybridized carbons (Fsp3) is 0.294. The van der Waals surface area contributed by atoms with Gasteiger partial charge in [0.15, 0.2) is 0 Å². The van der Waals surface area contributed by atoms with Gasteiger partial charge in [-0.1, -0.05) is 48.9 Å². The number of unbranched alkanes of at least 4 members (excludes halogenated alkanes) is 3. The Balaban J connectivity index is 2.01. The first-order valence-electron chi connectivity index (χ1n) is 6.32. The van der Waals surface area contributed by atoms with Crippen molar-refractivity contribution in [2.75, 3.05) is 0 Å². The van der Waals surface area contributed by atoms with Crippen LogP contribution in [0.1, 0.15) is 31.2 Å². The zero-order chi connectivity index (χ0) is 11.9. The monoisotopic (exact) mass is 222 g/mol. The zero-order valence-electron chi connectivity index (χ0n) is 10.2. The molecular weight excluding hydrogens is 204 g/mol. The van der Waals surface area contributed by atoms with Crippen LogP contribution in [-0.2, 0) is 6.42 Å². The van der Waals surface area contributed by atoms with E-state index in [9.17, 15) is 0 Å². The number of benzene rings is 2. The Kier molecular flexibility index (Phi) is 4.22. The van der Waals surface area contributed by atoms with Crippen LogP contribution in [0, 0.1) is 12.3 Å². The van der Waals surface area contributed by atoms with Gasteiger partial charge < -0.3 is 0 Å². The molecule has 0 aliphatic heterocycles. The van der Waals surface area contributed by atoms with Gasteiger partial charge in [-0.15, -0.1) is 12.3 Å². The summed E-state index contributed by atoms with van der Waals surface area (Å²) in [5.41, 5.74) is 1.46. The van der Waals surface area contributed by atoms with Gasteiger partial charge in [0.2, 0.25) is 0 Å². The van der Waals surface area contributed by atoms with Crippen molar-refractivity contribution in [2.24, 2.45) is 0 Å². The van der Waals surface area contributed by atoms with Crippen LogP contribution in [0.5, 0.6) is 0 Å². The van der Waals surface area contributed by atoms with Crippen LogP contribution in [0.2, 0.25) is 0 Å². The average Bonchev–Trinajstić information content (AvgIpc) is 2.39. The maximum Gasteiger partial charge on any atom is 0.00860 e. The van der Waals surface area contributed by atoms with Crippen molar-refractivity contribution in [1.29, 1.82) is 0 Å². The highest BCUT2D eigenvalue weighted by molar-refractivity contribution is 5.85. The molecule has 0 fully saturated rings. The minimum Gasteiger partial charge on any atom is -0.120 e. The Morgan fingerprint density at radius 1 is 0.882 bits per heavy atom. The quantitative estimate of drug-likeness (QED) is 0.513. The van der Waals surface area contributed by atoms with Crippen LogP contribution in [-0.4, -0.2) is 0 Å². The topological polar surface area (TPSA) is 0 Å². The first kappa shape index (κ1) is 11.7. The van der Waals surface area contributed by atoms with Gasteiger partial charge >= 0.3 is 0 Å². The number of aryl methyl sites for hydroxylation is 1. The lowest BCUT2D eigenvalue weighted by molar-refractivity contribution is 0.694. The summed E-state index contributed by atoms with van der Waals surface area (Å²) in [7, 11) is 0. The molecule has 17 heavy (non-hydrogen) atoms. The molecule has 0 saturated heterocycles. The second kappa shape index (κ2) is 6.11. The van der Waals surface area contributed by atoms with E-state index in [4.69, 9.17) is 6.42 Å². The summed E-state index contributed by atoms with van der Waals surface area (Å²) in [6, 6.07) is 15.2. The van der Waals surface area contributed by atoms with Crippen LogP contribution in [0.3, 0.4) is 0 Å². The van der Waals surface area contributed by atoms with Crippen molar-refractivity contribution in [3.8, 4) is 12.3 Å². The Labute approximate surface area is 104 Å². The van der Waals surface area contributed by atoms with Crippen LogP contribution in [0.4, 0.5) is 0 Å². The molecule has 0 heterocycles. The second-order valence-electron chi connectivity index (χ2n) is 4.40. The Hall–Kier alpha value is -1.74. The predicted octanol–water partition coefficient (Wildman–Crippen LogP) is 4.58. The highest BCUT2D eigenvalue weighted by Gasteiger charge is 1.99. The largest absolute Gasteiger partial charge is 0.120 e. The molecule has 2 aromatic rings. The molecule has 0 aliphatic carbocycles. The predicted molar refractivity (Wildman–Crippen MR) is 75.0 cm³/mol. The molecule has 0 N–H and O–H groups in total. The first-order valence-corrected chi connectivity index (χ1v) is 6.32. The van der Waals surface area contributed by atoms with Gasteiger partial charge in [0.1, 0.15) is 0 Å². The van der Waals surface area contributed by atoms with Crippen molar-refractivity contribution in [3.63, 3.8) is 0 Å². The van der Waals surface area contributed by atoms with E-state index < -0.39 is 0 Å². The van der Waals surface area contributed by atoms with E-state index in [1.165, 1.54) is 29.2 Å². The molecule has 0 bridgehead atoms. The molecule has 0 unspecified atom stereocenters.